The summed E-state index contributed by atoms with van der Waals surface area (Å²) in [4.78, 5) is 53.6. The molecule has 1 N–H and O–H groups in total. The second kappa shape index (κ2) is 10.4. The van der Waals surface area contributed by atoms with Crippen LogP contribution in [0.3, 0.4) is 0 Å². The molecule has 0 unspecified atom stereocenters. The third-order valence-corrected chi connectivity index (χ3v) is 9.61. The monoisotopic (exact) mass is 613 g/mol. The fourth-order valence-corrected chi connectivity index (χ4v) is 6.85. The minimum Gasteiger partial charge on any atom is -0.311 e. The second-order valence-electron chi connectivity index (χ2n) is 10.7. The first kappa shape index (κ1) is 27.9. The molecule has 10 heteroatoms. The summed E-state index contributed by atoms with van der Waals surface area (Å²) in [5.41, 5.74) is 4.20. The Balaban J connectivity index is 1.20. The van der Waals surface area contributed by atoms with E-state index in [0.29, 0.717) is 5.69 Å². The van der Waals surface area contributed by atoms with E-state index >= 15 is 0 Å². The van der Waals surface area contributed by atoms with Crippen LogP contribution in [0.2, 0.25) is 0 Å². The van der Waals surface area contributed by atoms with Crippen LogP contribution in [-0.4, -0.2) is 32.0 Å². The van der Waals surface area contributed by atoms with E-state index in [1.807, 2.05) is 73.7 Å². The first-order valence-corrected chi connectivity index (χ1v) is 15.4. The number of sulfone groups is 1. The van der Waals surface area contributed by atoms with Crippen molar-refractivity contribution in [3.63, 3.8) is 0 Å². The number of fused-ring (bicyclic) bond motifs is 2. The van der Waals surface area contributed by atoms with Crippen molar-refractivity contribution < 1.29 is 27.6 Å². The Morgan fingerprint density at radius 1 is 0.556 bits per heavy atom. The number of nitrogens with zero attached hydrogens (tertiary/aromatic N) is 2. The summed E-state index contributed by atoms with van der Waals surface area (Å²) in [5, 5.41) is 2.13. The Morgan fingerprint density at radius 3 is 1.71 bits per heavy atom. The number of carbonyl (C=O) groups excluding carboxylic acids is 4. The Kier molecular flexibility index (Phi) is 6.45. The lowest BCUT2D eigenvalue weighted by Crippen LogP contribution is -2.29. The van der Waals surface area contributed by atoms with Gasteiger partial charge in [0.05, 0.1) is 37.7 Å². The maximum absolute atomic E-state index is 13.6. The van der Waals surface area contributed by atoms with Crippen LogP contribution in [0.5, 0.6) is 0 Å². The summed E-state index contributed by atoms with van der Waals surface area (Å²) in [6.45, 7) is 2.02. The highest BCUT2D eigenvalue weighted by molar-refractivity contribution is 7.91. The van der Waals surface area contributed by atoms with Gasteiger partial charge in [0.2, 0.25) is 9.84 Å². The Bertz CT molecular complexity index is 2180. The van der Waals surface area contributed by atoms with Gasteiger partial charge in [-0.2, -0.15) is 0 Å². The Morgan fingerprint density at radius 2 is 1.07 bits per heavy atom. The molecule has 0 spiro atoms. The summed E-state index contributed by atoms with van der Waals surface area (Å²) >= 11 is 0. The topological polar surface area (TPSA) is 121 Å². The molecule has 0 aromatic heterocycles. The fourth-order valence-electron chi connectivity index (χ4n) is 5.54. The molecule has 5 aromatic carbocycles. The molecule has 5 aromatic rings. The zero-order chi connectivity index (χ0) is 31.5. The summed E-state index contributed by atoms with van der Waals surface area (Å²) in [7, 11) is -4.20. The van der Waals surface area contributed by atoms with Crippen LogP contribution in [0.25, 0.3) is 0 Å². The molecular formula is C35H23N3O6S. The number of nitrogens with one attached hydrogen (secondary N) is 1. The Labute approximate surface area is 258 Å². The quantitative estimate of drug-likeness (QED) is 0.234. The van der Waals surface area contributed by atoms with Gasteiger partial charge in [0.15, 0.2) is 0 Å². The lowest BCUT2D eigenvalue weighted by molar-refractivity contribution is 0.0874. The predicted octanol–water partition coefficient (Wildman–Crippen LogP) is 5.98. The molecule has 0 saturated carbocycles. The lowest BCUT2D eigenvalue weighted by atomic mass is 10.1. The van der Waals surface area contributed by atoms with Crippen LogP contribution in [0, 0.1) is 6.92 Å². The van der Waals surface area contributed by atoms with Crippen molar-refractivity contribution in [1.29, 1.82) is 0 Å². The van der Waals surface area contributed by atoms with Crippen LogP contribution < -0.4 is 15.1 Å². The molecule has 220 valence electrons. The highest BCUT2D eigenvalue weighted by Gasteiger charge is 2.38. The largest absolute Gasteiger partial charge is 0.311 e. The fraction of sp³-hybridized carbons (Fsp3) is 0.0286. The molecule has 2 aliphatic rings. The second-order valence-corrected chi connectivity index (χ2v) is 12.6. The van der Waals surface area contributed by atoms with Crippen LogP contribution in [0.15, 0.2) is 125 Å². The van der Waals surface area contributed by atoms with Crippen LogP contribution in [-0.2, 0) is 9.84 Å². The molecule has 7 rings (SSSR count). The number of benzene rings is 5. The first-order chi connectivity index (χ1) is 21.6. The maximum Gasteiger partial charge on any atom is 0.266 e. The van der Waals surface area contributed by atoms with Gasteiger partial charge in [0, 0.05) is 17.1 Å². The molecule has 0 bridgehead atoms. The van der Waals surface area contributed by atoms with Crippen molar-refractivity contribution in [1.82, 2.24) is 5.32 Å². The van der Waals surface area contributed by atoms with E-state index < -0.39 is 33.5 Å². The zero-order valence-corrected chi connectivity index (χ0v) is 24.5. The van der Waals surface area contributed by atoms with Crippen LogP contribution in [0.1, 0.15) is 47.0 Å². The number of carbonyl (C=O) groups is 4. The van der Waals surface area contributed by atoms with E-state index in [0.717, 1.165) is 33.6 Å². The van der Waals surface area contributed by atoms with Crippen molar-refractivity contribution in [3.8, 4) is 0 Å². The third-order valence-electron chi connectivity index (χ3n) is 7.86. The smallest absolute Gasteiger partial charge is 0.266 e. The first-order valence-electron chi connectivity index (χ1n) is 13.9. The van der Waals surface area contributed by atoms with Gasteiger partial charge in [-0.15, -0.1) is 0 Å². The molecule has 0 aliphatic carbocycles. The number of rotatable bonds is 6. The van der Waals surface area contributed by atoms with Gasteiger partial charge in [-0.1, -0.05) is 35.9 Å². The molecule has 0 fully saturated rings. The summed E-state index contributed by atoms with van der Waals surface area (Å²) in [6, 6.07) is 32.2. The number of anilines is 4. The molecule has 2 heterocycles. The molecule has 0 saturated heterocycles. The third kappa shape index (κ3) is 4.59. The SMILES string of the molecule is Cc1ccc(N(c2ccccc2)c2ccc(N3C(=O)c4ccc(S(=O)(=O)c5ccc6c(c5)C(=O)NC6=O)cc4C3=O)cc2)cc1. The van der Waals surface area contributed by atoms with Gasteiger partial charge in [-0.25, -0.2) is 13.3 Å². The molecule has 9 nitrogen and oxygen atoms in total. The standard InChI is InChI=1S/C35H23N3O6S/c1-21-7-9-23(10-8-21)37(22-5-3-2-4-6-22)24-11-13-25(14-12-24)38-34(41)29-18-16-27(20-31(29)35(38)42)45(43,44)26-15-17-28-30(19-26)33(40)36-32(28)39/h2-20H,1H3,(H,36,39,40). The van der Waals surface area contributed by atoms with E-state index in [9.17, 15) is 27.6 Å². The number of para-hydroxylation sites is 1. The minimum absolute atomic E-state index is 0.0451. The van der Waals surface area contributed by atoms with E-state index in [1.54, 1.807) is 12.1 Å². The number of hydrogen-bond donors (Lipinski definition) is 1. The molecule has 2 aliphatic heterocycles. The van der Waals surface area contributed by atoms with E-state index in [-0.39, 0.29) is 32.0 Å². The van der Waals surface area contributed by atoms with Crippen LogP contribution >= 0.6 is 0 Å². The van der Waals surface area contributed by atoms with Crippen molar-refractivity contribution in [3.05, 3.63) is 143 Å². The highest BCUT2D eigenvalue weighted by Crippen LogP contribution is 2.37. The van der Waals surface area contributed by atoms with Crippen molar-refractivity contribution in [2.75, 3.05) is 9.80 Å². The predicted molar refractivity (Wildman–Crippen MR) is 167 cm³/mol. The highest BCUT2D eigenvalue weighted by atomic mass is 32.2. The average Bonchev–Trinajstić information content (AvgIpc) is 3.48. The van der Waals surface area contributed by atoms with Gasteiger partial charge >= 0.3 is 0 Å². The molecule has 4 amide bonds. The van der Waals surface area contributed by atoms with E-state index in [1.165, 1.54) is 30.3 Å². The van der Waals surface area contributed by atoms with Crippen molar-refractivity contribution >= 4 is 56.2 Å². The molecule has 45 heavy (non-hydrogen) atoms. The van der Waals surface area contributed by atoms with Gasteiger partial charge < -0.3 is 4.90 Å². The lowest BCUT2D eigenvalue weighted by Gasteiger charge is -2.26. The van der Waals surface area contributed by atoms with Gasteiger partial charge in [-0.3, -0.25) is 24.5 Å². The molecule has 0 atom stereocenters. The summed E-state index contributed by atoms with van der Waals surface area (Å²) in [5.74, 6) is -2.51. The number of hydrogen-bond acceptors (Lipinski definition) is 7. The van der Waals surface area contributed by atoms with Gasteiger partial charge in [0.1, 0.15) is 0 Å². The summed E-state index contributed by atoms with van der Waals surface area (Å²) < 4.78 is 27.0. The van der Waals surface area contributed by atoms with Gasteiger partial charge in [0.25, 0.3) is 23.6 Å². The Hall–Kier alpha value is -5.87. The minimum atomic E-state index is -4.20. The molecular weight excluding hydrogens is 590 g/mol. The number of imide groups is 2. The van der Waals surface area contributed by atoms with Crippen molar-refractivity contribution in [2.45, 2.75) is 16.7 Å². The zero-order valence-electron chi connectivity index (χ0n) is 23.7. The molecule has 0 radical (unpaired) electrons. The maximum atomic E-state index is 13.6. The average molecular weight is 614 g/mol. The van der Waals surface area contributed by atoms with E-state index in [2.05, 4.69) is 10.2 Å². The van der Waals surface area contributed by atoms with Crippen molar-refractivity contribution in [2.24, 2.45) is 0 Å². The van der Waals surface area contributed by atoms with Crippen LogP contribution in [0.4, 0.5) is 22.7 Å². The normalized spacial score (nSPS) is 13.9. The van der Waals surface area contributed by atoms with E-state index in [4.69, 9.17) is 0 Å². The number of aryl methyl sites for hydroxylation is 1. The van der Waals surface area contributed by atoms with Gasteiger partial charge in [-0.05, 0) is 91.9 Å². The summed E-state index contributed by atoms with van der Waals surface area (Å²) in [6.07, 6.45) is 0. The number of amides is 4.